The lowest BCUT2D eigenvalue weighted by Crippen LogP contribution is -2.15. The van der Waals surface area contributed by atoms with Crippen molar-refractivity contribution in [2.45, 2.75) is 4.90 Å². The first kappa shape index (κ1) is 15.0. The zero-order chi connectivity index (χ0) is 15.6. The lowest BCUT2D eigenvalue weighted by molar-refractivity contribution is 0.387. The number of benzene rings is 1. The van der Waals surface area contributed by atoms with Crippen molar-refractivity contribution in [1.82, 2.24) is 9.78 Å². The lowest BCUT2D eigenvalue weighted by Gasteiger charge is -2.13. The van der Waals surface area contributed by atoms with E-state index in [4.69, 9.17) is 15.2 Å². The largest absolute Gasteiger partial charge is 0.495 e. The SMILES string of the molecule is COc1cc(OC)c(S(=O)(=O)Nc2ccn(C)n2)cc1N. The van der Waals surface area contributed by atoms with Gasteiger partial charge in [0.15, 0.2) is 5.82 Å². The summed E-state index contributed by atoms with van der Waals surface area (Å²) >= 11 is 0. The Morgan fingerprint density at radius 3 is 2.43 bits per heavy atom. The summed E-state index contributed by atoms with van der Waals surface area (Å²) in [5, 5.41) is 3.96. The number of nitrogens with one attached hydrogen (secondary N) is 1. The molecule has 0 amide bonds. The van der Waals surface area contributed by atoms with Crippen LogP contribution in [0.25, 0.3) is 0 Å². The number of aromatic nitrogens is 2. The lowest BCUT2D eigenvalue weighted by atomic mass is 10.3. The minimum Gasteiger partial charge on any atom is -0.495 e. The summed E-state index contributed by atoms with van der Waals surface area (Å²) < 4.78 is 38.8. The summed E-state index contributed by atoms with van der Waals surface area (Å²) in [6.45, 7) is 0. The van der Waals surface area contributed by atoms with Crippen molar-refractivity contribution in [3.8, 4) is 11.5 Å². The number of hydrogen-bond acceptors (Lipinski definition) is 6. The Morgan fingerprint density at radius 2 is 1.90 bits per heavy atom. The Labute approximate surface area is 122 Å². The van der Waals surface area contributed by atoms with Crippen molar-refractivity contribution < 1.29 is 17.9 Å². The molecular formula is C12H16N4O4S. The van der Waals surface area contributed by atoms with Gasteiger partial charge in [-0.2, -0.15) is 5.10 Å². The van der Waals surface area contributed by atoms with Crippen LogP contribution in [0.3, 0.4) is 0 Å². The van der Waals surface area contributed by atoms with Gasteiger partial charge in [-0.1, -0.05) is 0 Å². The molecule has 1 heterocycles. The molecule has 0 radical (unpaired) electrons. The molecule has 3 N–H and O–H groups in total. The number of sulfonamides is 1. The Kier molecular flexibility index (Phi) is 3.94. The molecule has 9 heteroatoms. The minimum absolute atomic E-state index is 0.0889. The normalized spacial score (nSPS) is 11.2. The second-order valence-electron chi connectivity index (χ2n) is 4.23. The van der Waals surface area contributed by atoms with Gasteiger partial charge < -0.3 is 15.2 Å². The van der Waals surface area contributed by atoms with Gasteiger partial charge in [-0.05, 0) is 6.07 Å². The Hall–Kier alpha value is -2.42. The van der Waals surface area contributed by atoms with Gasteiger partial charge in [-0.3, -0.25) is 9.40 Å². The van der Waals surface area contributed by atoms with Crippen LogP contribution in [-0.2, 0) is 17.1 Å². The number of nitrogen functional groups attached to an aromatic ring is 1. The maximum Gasteiger partial charge on any atom is 0.266 e. The molecular weight excluding hydrogens is 296 g/mol. The smallest absolute Gasteiger partial charge is 0.266 e. The minimum atomic E-state index is -3.88. The summed E-state index contributed by atoms with van der Waals surface area (Å²) in [6.07, 6.45) is 1.62. The molecule has 2 rings (SSSR count). The maximum absolute atomic E-state index is 12.4. The summed E-state index contributed by atoms with van der Waals surface area (Å²) in [6, 6.07) is 4.24. The highest BCUT2D eigenvalue weighted by Gasteiger charge is 2.22. The fourth-order valence-corrected chi connectivity index (χ4v) is 2.95. The van der Waals surface area contributed by atoms with Crippen molar-refractivity contribution in [2.75, 3.05) is 24.7 Å². The van der Waals surface area contributed by atoms with E-state index in [1.807, 2.05) is 0 Å². The van der Waals surface area contributed by atoms with E-state index in [1.54, 1.807) is 13.2 Å². The molecule has 2 aromatic rings. The van der Waals surface area contributed by atoms with Crippen LogP contribution < -0.4 is 19.9 Å². The predicted molar refractivity (Wildman–Crippen MR) is 78.0 cm³/mol. The van der Waals surface area contributed by atoms with Gasteiger partial charge >= 0.3 is 0 Å². The third-order valence-electron chi connectivity index (χ3n) is 2.76. The molecule has 8 nitrogen and oxygen atoms in total. The van der Waals surface area contributed by atoms with Gasteiger partial charge in [0, 0.05) is 25.4 Å². The highest BCUT2D eigenvalue weighted by atomic mass is 32.2. The van der Waals surface area contributed by atoms with E-state index < -0.39 is 10.0 Å². The number of nitrogens with zero attached hydrogens (tertiary/aromatic N) is 2. The molecule has 0 aliphatic carbocycles. The van der Waals surface area contributed by atoms with Crippen molar-refractivity contribution in [3.63, 3.8) is 0 Å². The Bertz CT molecular complexity index is 755. The van der Waals surface area contributed by atoms with Crippen LogP contribution in [0.5, 0.6) is 11.5 Å². The van der Waals surface area contributed by atoms with Crippen LogP contribution in [0.4, 0.5) is 11.5 Å². The number of aryl methyl sites for hydroxylation is 1. The third-order valence-corrected chi connectivity index (χ3v) is 4.13. The molecule has 0 fully saturated rings. The number of hydrogen-bond donors (Lipinski definition) is 2. The van der Waals surface area contributed by atoms with Crippen molar-refractivity contribution >= 4 is 21.5 Å². The summed E-state index contributed by atoms with van der Waals surface area (Å²) in [5.74, 6) is 0.669. The molecule has 114 valence electrons. The molecule has 0 spiro atoms. The van der Waals surface area contributed by atoms with E-state index >= 15 is 0 Å². The standard InChI is InChI=1S/C12H16N4O4S/c1-16-5-4-12(14-16)15-21(17,18)11-6-8(13)9(19-2)7-10(11)20-3/h4-7H,13H2,1-3H3,(H,14,15). The van der Waals surface area contributed by atoms with Crippen LogP contribution >= 0.6 is 0 Å². The van der Waals surface area contributed by atoms with Crippen molar-refractivity contribution in [1.29, 1.82) is 0 Å². The third kappa shape index (κ3) is 3.02. The number of rotatable bonds is 5. The van der Waals surface area contributed by atoms with E-state index in [2.05, 4.69) is 9.82 Å². The second-order valence-corrected chi connectivity index (χ2v) is 5.88. The molecule has 0 atom stereocenters. The predicted octanol–water partition coefficient (Wildman–Crippen LogP) is 0.820. The van der Waals surface area contributed by atoms with E-state index in [0.717, 1.165) is 0 Å². The van der Waals surface area contributed by atoms with Crippen LogP contribution in [-0.4, -0.2) is 32.4 Å². The van der Waals surface area contributed by atoms with Gasteiger partial charge in [0.25, 0.3) is 10.0 Å². The number of anilines is 2. The Balaban J connectivity index is 2.46. The molecule has 1 aromatic carbocycles. The fourth-order valence-electron chi connectivity index (χ4n) is 1.77. The fraction of sp³-hybridized carbons (Fsp3) is 0.250. The monoisotopic (exact) mass is 312 g/mol. The maximum atomic E-state index is 12.4. The highest BCUT2D eigenvalue weighted by molar-refractivity contribution is 7.92. The second kappa shape index (κ2) is 5.52. The van der Waals surface area contributed by atoms with Gasteiger partial charge in [0.05, 0.1) is 19.9 Å². The van der Waals surface area contributed by atoms with E-state index in [1.165, 1.54) is 37.1 Å². The first-order chi connectivity index (χ1) is 9.87. The van der Waals surface area contributed by atoms with E-state index in [-0.39, 0.29) is 22.2 Å². The van der Waals surface area contributed by atoms with Crippen LogP contribution in [0.1, 0.15) is 0 Å². The molecule has 0 aliphatic heterocycles. The quantitative estimate of drug-likeness (QED) is 0.791. The van der Waals surface area contributed by atoms with Crippen LogP contribution in [0.15, 0.2) is 29.3 Å². The van der Waals surface area contributed by atoms with Gasteiger partial charge in [-0.15, -0.1) is 0 Å². The zero-order valence-corrected chi connectivity index (χ0v) is 12.6. The first-order valence-corrected chi connectivity index (χ1v) is 7.39. The molecule has 0 aliphatic rings. The number of methoxy groups -OCH3 is 2. The van der Waals surface area contributed by atoms with Crippen LogP contribution in [0.2, 0.25) is 0 Å². The summed E-state index contributed by atoms with van der Waals surface area (Å²) in [5.41, 5.74) is 5.95. The van der Waals surface area contributed by atoms with Crippen molar-refractivity contribution in [2.24, 2.45) is 7.05 Å². The average molecular weight is 312 g/mol. The van der Waals surface area contributed by atoms with E-state index in [0.29, 0.717) is 5.75 Å². The average Bonchev–Trinajstić information content (AvgIpc) is 2.83. The summed E-state index contributed by atoms with van der Waals surface area (Å²) in [4.78, 5) is -0.0889. The molecule has 21 heavy (non-hydrogen) atoms. The zero-order valence-electron chi connectivity index (χ0n) is 11.8. The molecule has 0 bridgehead atoms. The molecule has 0 saturated heterocycles. The first-order valence-electron chi connectivity index (χ1n) is 5.91. The molecule has 0 saturated carbocycles. The van der Waals surface area contributed by atoms with Gasteiger partial charge in [0.2, 0.25) is 0 Å². The number of ether oxygens (including phenoxy) is 2. The summed E-state index contributed by atoms with van der Waals surface area (Å²) in [7, 11) is 0.609. The van der Waals surface area contributed by atoms with E-state index in [9.17, 15) is 8.42 Å². The Morgan fingerprint density at radius 1 is 1.24 bits per heavy atom. The number of nitrogens with two attached hydrogens (primary N) is 1. The van der Waals surface area contributed by atoms with Gasteiger partial charge in [-0.25, -0.2) is 8.42 Å². The topological polar surface area (TPSA) is 108 Å². The molecule has 1 aromatic heterocycles. The van der Waals surface area contributed by atoms with Crippen molar-refractivity contribution in [3.05, 3.63) is 24.4 Å². The molecule has 0 unspecified atom stereocenters. The van der Waals surface area contributed by atoms with Crippen LogP contribution in [0, 0.1) is 0 Å². The van der Waals surface area contributed by atoms with Gasteiger partial charge in [0.1, 0.15) is 16.4 Å². The highest BCUT2D eigenvalue weighted by Crippen LogP contribution is 2.34.